The highest BCUT2D eigenvalue weighted by Crippen LogP contribution is 2.25. The average molecular weight is 264 g/mol. The molecule has 0 fully saturated rings. The molecule has 1 aromatic carbocycles. The highest BCUT2D eigenvalue weighted by Gasteiger charge is 2.22. The molecule has 0 aliphatic heterocycles. The fourth-order valence-corrected chi connectivity index (χ4v) is 1.87. The molecule has 1 aromatic rings. The summed E-state index contributed by atoms with van der Waals surface area (Å²) in [6.07, 6.45) is 1.23. The van der Waals surface area contributed by atoms with Crippen LogP contribution in [0.1, 0.15) is 52.0 Å². The molecule has 1 rings (SSSR count). The van der Waals surface area contributed by atoms with Crippen LogP contribution in [0.15, 0.2) is 24.3 Å². The highest BCUT2D eigenvalue weighted by atomic mass is 16.5. The summed E-state index contributed by atoms with van der Waals surface area (Å²) in [7, 11) is 0. The van der Waals surface area contributed by atoms with Crippen LogP contribution >= 0.6 is 0 Å². The summed E-state index contributed by atoms with van der Waals surface area (Å²) in [5.41, 5.74) is 0.945. The zero-order valence-corrected chi connectivity index (χ0v) is 12.3. The third-order valence-corrected chi connectivity index (χ3v) is 3.32. The van der Waals surface area contributed by atoms with Crippen LogP contribution in [0.2, 0.25) is 0 Å². The second kappa shape index (κ2) is 6.60. The molecule has 0 aliphatic carbocycles. The fraction of sp³-hybridized carbons (Fsp3) is 0.562. The van der Waals surface area contributed by atoms with Crippen molar-refractivity contribution < 1.29 is 14.6 Å². The SMILES string of the molecule is CCC(C)c1ccc(OCC(C)(C)CC(=O)O)cc1. The van der Waals surface area contributed by atoms with E-state index in [0.717, 1.165) is 12.2 Å². The number of hydrogen-bond donors (Lipinski definition) is 1. The molecule has 0 aliphatic rings. The van der Waals surface area contributed by atoms with Crippen molar-refractivity contribution in [3.8, 4) is 5.75 Å². The molecule has 3 heteroatoms. The Kier molecular flexibility index (Phi) is 5.40. The Balaban J connectivity index is 2.56. The van der Waals surface area contributed by atoms with E-state index in [2.05, 4.69) is 26.0 Å². The van der Waals surface area contributed by atoms with Crippen LogP contribution in [0.3, 0.4) is 0 Å². The zero-order chi connectivity index (χ0) is 14.5. The maximum atomic E-state index is 10.7. The van der Waals surface area contributed by atoms with Gasteiger partial charge < -0.3 is 9.84 Å². The summed E-state index contributed by atoms with van der Waals surface area (Å²) in [6, 6.07) is 8.07. The minimum atomic E-state index is -0.791. The average Bonchev–Trinajstić information content (AvgIpc) is 2.34. The van der Waals surface area contributed by atoms with Gasteiger partial charge in [-0.1, -0.05) is 39.8 Å². The summed E-state index contributed by atoms with van der Waals surface area (Å²) in [5.74, 6) is 0.559. The van der Waals surface area contributed by atoms with Crippen molar-refractivity contribution >= 4 is 5.97 Å². The van der Waals surface area contributed by atoms with E-state index in [9.17, 15) is 4.79 Å². The van der Waals surface area contributed by atoms with Crippen molar-refractivity contribution in [3.05, 3.63) is 29.8 Å². The fourth-order valence-electron chi connectivity index (χ4n) is 1.87. The topological polar surface area (TPSA) is 46.5 Å². The molecule has 19 heavy (non-hydrogen) atoms. The lowest BCUT2D eigenvalue weighted by molar-refractivity contribution is -0.139. The van der Waals surface area contributed by atoms with Gasteiger partial charge in [0.15, 0.2) is 0 Å². The Labute approximate surface area is 115 Å². The van der Waals surface area contributed by atoms with Crippen molar-refractivity contribution in [2.24, 2.45) is 5.41 Å². The summed E-state index contributed by atoms with van der Waals surface area (Å²) in [5, 5.41) is 8.82. The molecular formula is C16H24O3. The number of rotatable bonds is 7. The van der Waals surface area contributed by atoms with E-state index in [-0.39, 0.29) is 11.8 Å². The first-order chi connectivity index (χ1) is 8.84. The van der Waals surface area contributed by atoms with Crippen molar-refractivity contribution in [2.75, 3.05) is 6.61 Å². The largest absolute Gasteiger partial charge is 0.493 e. The molecule has 0 amide bonds. The highest BCUT2D eigenvalue weighted by molar-refractivity contribution is 5.67. The van der Waals surface area contributed by atoms with E-state index in [1.807, 2.05) is 26.0 Å². The number of benzene rings is 1. The van der Waals surface area contributed by atoms with Crippen molar-refractivity contribution in [2.45, 2.75) is 46.5 Å². The predicted molar refractivity (Wildman–Crippen MR) is 76.7 cm³/mol. The number of aliphatic carboxylic acids is 1. The van der Waals surface area contributed by atoms with Gasteiger partial charge in [-0.15, -0.1) is 0 Å². The molecule has 0 radical (unpaired) electrons. The van der Waals surface area contributed by atoms with Gasteiger partial charge in [-0.2, -0.15) is 0 Å². The van der Waals surface area contributed by atoms with Crippen LogP contribution in [0, 0.1) is 5.41 Å². The van der Waals surface area contributed by atoms with E-state index >= 15 is 0 Å². The number of ether oxygens (including phenoxy) is 1. The van der Waals surface area contributed by atoms with Gasteiger partial charge in [0, 0.05) is 5.41 Å². The maximum Gasteiger partial charge on any atom is 0.304 e. The van der Waals surface area contributed by atoms with Gasteiger partial charge in [0.1, 0.15) is 5.75 Å². The molecule has 1 atom stereocenters. The van der Waals surface area contributed by atoms with Crippen LogP contribution in [-0.2, 0) is 4.79 Å². The van der Waals surface area contributed by atoms with Crippen LogP contribution in [-0.4, -0.2) is 17.7 Å². The minimum Gasteiger partial charge on any atom is -0.493 e. The molecule has 0 saturated heterocycles. The van der Waals surface area contributed by atoms with E-state index in [0.29, 0.717) is 12.5 Å². The van der Waals surface area contributed by atoms with Gasteiger partial charge in [0.05, 0.1) is 13.0 Å². The Morgan fingerprint density at radius 2 is 1.89 bits per heavy atom. The van der Waals surface area contributed by atoms with Crippen LogP contribution in [0.5, 0.6) is 5.75 Å². The molecule has 106 valence electrons. The maximum absolute atomic E-state index is 10.7. The van der Waals surface area contributed by atoms with E-state index in [1.54, 1.807) is 0 Å². The second-order valence-corrected chi connectivity index (χ2v) is 5.90. The van der Waals surface area contributed by atoms with Gasteiger partial charge >= 0.3 is 5.97 Å². The molecule has 0 aromatic heterocycles. The minimum absolute atomic E-state index is 0.109. The predicted octanol–water partition coefficient (Wildman–Crippen LogP) is 4.08. The van der Waals surface area contributed by atoms with Crippen LogP contribution in [0.4, 0.5) is 0 Å². The molecule has 0 saturated carbocycles. The van der Waals surface area contributed by atoms with Gasteiger partial charge in [-0.25, -0.2) is 0 Å². The van der Waals surface area contributed by atoms with Gasteiger partial charge in [0.2, 0.25) is 0 Å². The first kappa shape index (κ1) is 15.5. The van der Waals surface area contributed by atoms with Crippen molar-refractivity contribution in [1.29, 1.82) is 0 Å². The van der Waals surface area contributed by atoms with Gasteiger partial charge in [-0.05, 0) is 30.0 Å². The van der Waals surface area contributed by atoms with Crippen LogP contribution < -0.4 is 4.74 Å². The Morgan fingerprint density at radius 3 is 2.37 bits per heavy atom. The summed E-state index contributed by atoms with van der Waals surface area (Å²) < 4.78 is 5.68. The lowest BCUT2D eigenvalue weighted by Crippen LogP contribution is -2.24. The second-order valence-electron chi connectivity index (χ2n) is 5.90. The summed E-state index contributed by atoms with van der Waals surface area (Å²) in [6.45, 7) is 8.57. The molecule has 0 spiro atoms. The van der Waals surface area contributed by atoms with Crippen molar-refractivity contribution in [1.82, 2.24) is 0 Å². The normalized spacial score (nSPS) is 13.1. The first-order valence-electron chi connectivity index (χ1n) is 6.78. The Hall–Kier alpha value is -1.51. The van der Waals surface area contributed by atoms with E-state index in [1.165, 1.54) is 5.56 Å². The Bertz CT molecular complexity index is 407. The van der Waals surface area contributed by atoms with Crippen LogP contribution in [0.25, 0.3) is 0 Å². The van der Waals surface area contributed by atoms with E-state index in [4.69, 9.17) is 9.84 Å². The third-order valence-electron chi connectivity index (χ3n) is 3.32. The molecule has 0 heterocycles. The summed E-state index contributed by atoms with van der Waals surface area (Å²) in [4.78, 5) is 10.7. The molecule has 3 nitrogen and oxygen atoms in total. The standard InChI is InChI=1S/C16H24O3/c1-5-12(2)13-6-8-14(9-7-13)19-11-16(3,4)10-15(17)18/h6-9,12H,5,10-11H2,1-4H3,(H,17,18). The third kappa shape index (κ3) is 5.33. The quantitative estimate of drug-likeness (QED) is 0.807. The number of carboxylic acids is 1. The zero-order valence-electron chi connectivity index (χ0n) is 12.3. The summed E-state index contributed by atoms with van der Waals surface area (Å²) >= 11 is 0. The molecule has 1 unspecified atom stereocenters. The van der Waals surface area contributed by atoms with Crippen molar-refractivity contribution in [3.63, 3.8) is 0 Å². The Morgan fingerprint density at radius 1 is 1.32 bits per heavy atom. The lowest BCUT2D eigenvalue weighted by Gasteiger charge is -2.22. The first-order valence-corrected chi connectivity index (χ1v) is 6.78. The monoisotopic (exact) mass is 264 g/mol. The van der Waals surface area contributed by atoms with Gasteiger partial charge in [0.25, 0.3) is 0 Å². The number of carboxylic acid groups (broad SMARTS) is 1. The number of carbonyl (C=O) groups is 1. The number of hydrogen-bond acceptors (Lipinski definition) is 2. The van der Waals surface area contributed by atoms with E-state index < -0.39 is 5.97 Å². The smallest absolute Gasteiger partial charge is 0.304 e. The molecule has 0 bridgehead atoms. The molecule has 1 N–H and O–H groups in total. The molecular weight excluding hydrogens is 240 g/mol. The lowest BCUT2D eigenvalue weighted by atomic mass is 9.90. The van der Waals surface area contributed by atoms with Gasteiger partial charge in [-0.3, -0.25) is 4.79 Å².